The summed E-state index contributed by atoms with van der Waals surface area (Å²) in [6.07, 6.45) is -4.08. The van der Waals surface area contributed by atoms with Gasteiger partial charge in [-0.2, -0.15) is 0 Å². The van der Waals surface area contributed by atoms with Crippen molar-refractivity contribution >= 4 is 23.6 Å². The second-order valence-corrected chi connectivity index (χ2v) is 8.97. The molecule has 174 valence electrons. The number of esters is 1. The van der Waals surface area contributed by atoms with Gasteiger partial charge >= 0.3 is 5.97 Å². The van der Waals surface area contributed by atoms with Crippen LogP contribution in [0, 0.1) is 0 Å². The number of methoxy groups -OCH3 is 1. The first kappa shape index (κ1) is 25.3. The molecule has 2 aliphatic rings. The molecule has 0 saturated carbocycles. The number of rotatable bonds is 9. The minimum Gasteiger partial charge on any atom is -0.465 e. The number of hydrogen-bond donors (Lipinski definition) is 4. The normalized spacial score (nSPS) is 34.4. The van der Waals surface area contributed by atoms with Crippen LogP contribution in [0.2, 0.25) is 0 Å². The summed E-state index contributed by atoms with van der Waals surface area (Å²) in [7, 11) is 3.37. The maximum Gasteiger partial charge on any atom is 0.302 e. The summed E-state index contributed by atoms with van der Waals surface area (Å²) in [4.78, 5) is 25.7. The van der Waals surface area contributed by atoms with Gasteiger partial charge in [-0.1, -0.05) is 0 Å². The average Bonchev–Trinajstić information content (AvgIpc) is 3.14. The number of likely N-dealkylation sites (tertiary alicyclic amines) is 1. The third kappa shape index (κ3) is 6.28. The molecule has 1 amide bonds. The number of ether oxygens (including phenoxy) is 3. The Balaban J connectivity index is 2.10. The van der Waals surface area contributed by atoms with Gasteiger partial charge in [0.1, 0.15) is 36.5 Å². The average molecular weight is 451 g/mol. The molecule has 2 heterocycles. The quantitative estimate of drug-likeness (QED) is 0.248. The van der Waals surface area contributed by atoms with Crippen LogP contribution >= 0.6 is 11.8 Å². The number of aliphatic hydroxyl groups excluding tert-OH is 3. The van der Waals surface area contributed by atoms with Gasteiger partial charge in [0.2, 0.25) is 5.91 Å². The summed E-state index contributed by atoms with van der Waals surface area (Å²) in [5.74, 6) is -0.275. The monoisotopic (exact) mass is 450 g/mol. The fourth-order valence-corrected chi connectivity index (χ4v) is 4.75. The summed E-state index contributed by atoms with van der Waals surface area (Å²) in [5.41, 5.74) is -0.874. The number of likely N-dealkylation sites (N-methyl/N-ethyl adjacent to an activating group) is 1. The van der Waals surface area contributed by atoms with Crippen molar-refractivity contribution in [2.24, 2.45) is 0 Å². The van der Waals surface area contributed by atoms with Crippen molar-refractivity contribution in [1.29, 1.82) is 0 Å². The molecule has 2 fully saturated rings. The fraction of sp³-hybridized carbons (Fsp3) is 0.895. The van der Waals surface area contributed by atoms with E-state index in [4.69, 9.17) is 14.2 Å². The molecule has 0 aromatic heterocycles. The van der Waals surface area contributed by atoms with E-state index < -0.39 is 48.0 Å². The molecule has 11 heteroatoms. The SMILES string of the molecule is COC(C)C(NC(=O)C1CCCN1C)C1OC(SCCOC(C)=O)C(O)C(O)C1O. The van der Waals surface area contributed by atoms with E-state index in [-0.39, 0.29) is 18.6 Å². The van der Waals surface area contributed by atoms with E-state index in [1.165, 1.54) is 14.0 Å². The van der Waals surface area contributed by atoms with Crippen LogP contribution in [0.4, 0.5) is 0 Å². The van der Waals surface area contributed by atoms with Crippen LogP contribution in [0.15, 0.2) is 0 Å². The van der Waals surface area contributed by atoms with Gasteiger partial charge in [-0.15, -0.1) is 11.8 Å². The standard InChI is InChI=1S/C19H34N2O8S/c1-10(27-4)13(20-18(26)12-6-5-7-21(12)3)17-15(24)14(23)16(25)19(29-17)30-9-8-28-11(2)22/h10,12-17,19,23-25H,5-9H2,1-4H3,(H,20,26). The van der Waals surface area contributed by atoms with Crippen LogP contribution in [-0.4, -0.2) is 113 Å². The number of carbonyl (C=O) groups excluding carboxylic acids is 2. The van der Waals surface area contributed by atoms with Gasteiger partial charge in [0.15, 0.2) is 0 Å². The lowest BCUT2D eigenvalue weighted by atomic mass is 9.92. The lowest BCUT2D eigenvalue weighted by Crippen LogP contribution is -2.66. The van der Waals surface area contributed by atoms with Crippen molar-refractivity contribution in [3.63, 3.8) is 0 Å². The van der Waals surface area contributed by atoms with Crippen molar-refractivity contribution in [2.45, 2.75) is 74.7 Å². The molecule has 0 radical (unpaired) electrons. The molecule has 4 N–H and O–H groups in total. The molecule has 0 aromatic rings. The molecule has 2 aliphatic heterocycles. The minimum atomic E-state index is -1.47. The molecular formula is C19H34N2O8S. The topological polar surface area (TPSA) is 138 Å². The molecular weight excluding hydrogens is 416 g/mol. The van der Waals surface area contributed by atoms with Crippen LogP contribution in [0.1, 0.15) is 26.7 Å². The first-order chi connectivity index (χ1) is 14.2. The van der Waals surface area contributed by atoms with E-state index in [1.54, 1.807) is 6.92 Å². The summed E-state index contributed by atoms with van der Waals surface area (Å²) >= 11 is 1.16. The Kier molecular flexibility index (Phi) is 9.79. The summed E-state index contributed by atoms with van der Waals surface area (Å²) in [6, 6.07) is -1.02. The molecule has 8 unspecified atom stereocenters. The molecule has 10 nitrogen and oxygen atoms in total. The van der Waals surface area contributed by atoms with Gasteiger partial charge in [-0.05, 0) is 33.4 Å². The van der Waals surface area contributed by atoms with Crippen LogP contribution in [0.25, 0.3) is 0 Å². The second kappa shape index (κ2) is 11.6. The number of aliphatic hydroxyl groups is 3. The van der Waals surface area contributed by atoms with Crippen LogP contribution in [0.5, 0.6) is 0 Å². The molecule has 30 heavy (non-hydrogen) atoms. The maximum atomic E-state index is 12.8. The van der Waals surface area contributed by atoms with E-state index in [1.807, 2.05) is 11.9 Å². The predicted octanol–water partition coefficient (Wildman–Crippen LogP) is -1.30. The Morgan fingerprint density at radius 3 is 2.53 bits per heavy atom. The number of amides is 1. The van der Waals surface area contributed by atoms with Gasteiger partial charge in [0.05, 0.1) is 18.2 Å². The van der Waals surface area contributed by atoms with Gasteiger partial charge in [-0.25, -0.2) is 0 Å². The Labute approximate surface area is 181 Å². The Morgan fingerprint density at radius 2 is 1.97 bits per heavy atom. The second-order valence-electron chi connectivity index (χ2n) is 7.77. The zero-order chi connectivity index (χ0) is 22.4. The fourth-order valence-electron chi connectivity index (χ4n) is 3.77. The van der Waals surface area contributed by atoms with Crippen molar-refractivity contribution in [1.82, 2.24) is 10.2 Å². The molecule has 2 saturated heterocycles. The highest BCUT2D eigenvalue weighted by Crippen LogP contribution is 2.31. The third-order valence-corrected chi connectivity index (χ3v) is 6.76. The summed E-state index contributed by atoms with van der Waals surface area (Å²) in [6.45, 7) is 3.99. The molecule has 0 aromatic carbocycles. The molecule has 0 bridgehead atoms. The van der Waals surface area contributed by atoms with Crippen molar-refractivity contribution < 1.29 is 39.1 Å². The lowest BCUT2D eigenvalue weighted by molar-refractivity contribution is -0.212. The molecule has 8 atom stereocenters. The van der Waals surface area contributed by atoms with E-state index in [9.17, 15) is 24.9 Å². The largest absolute Gasteiger partial charge is 0.465 e. The molecule has 2 rings (SSSR count). The van der Waals surface area contributed by atoms with E-state index in [0.717, 1.165) is 31.1 Å². The highest BCUT2D eigenvalue weighted by atomic mass is 32.2. The molecule has 0 spiro atoms. The Hall–Kier alpha value is -0.950. The smallest absolute Gasteiger partial charge is 0.302 e. The predicted molar refractivity (Wildman–Crippen MR) is 110 cm³/mol. The zero-order valence-electron chi connectivity index (χ0n) is 17.9. The van der Waals surface area contributed by atoms with Gasteiger partial charge < -0.3 is 34.8 Å². The minimum absolute atomic E-state index is 0.124. The van der Waals surface area contributed by atoms with Crippen LogP contribution in [0.3, 0.4) is 0 Å². The van der Waals surface area contributed by atoms with E-state index >= 15 is 0 Å². The van der Waals surface area contributed by atoms with Gasteiger partial charge in [-0.3, -0.25) is 14.5 Å². The number of carbonyl (C=O) groups is 2. The van der Waals surface area contributed by atoms with Crippen LogP contribution in [-0.2, 0) is 23.8 Å². The number of nitrogens with zero attached hydrogens (tertiary/aromatic N) is 1. The lowest BCUT2D eigenvalue weighted by Gasteiger charge is -2.44. The van der Waals surface area contributed by atoms with Crippen molar-refractivity contribution in [3.05, 3.63) is 0 Å². The maximum absolute atomic E-state index is 12.8. The summed E-state index contributed by atoms with van der Waals surface area (Å²) in [5, 5.41) is 34.2. The highest BCUT2D eigenvalue weighted by molar-refractivity contribution is 7.99. The molecule has 0 aliphatic carbocycles. The third-order valence-electron chi connectivity index (χ3n) is 5.64. The van der Waals surface area contributed by atoms with E-state index in [2.05, 4.69) is 5.32 Å². The van der Waals surface area contributed by atoms with Crippen molar-refractivity contribution in [2.75, 3.05) is 33.1 Å². The first-order valence-electron chi connectivity index (χ1n) is 10.1. The van der Waals surface area contributed by atoms with Gasteiger partial charge in [0.25, 0.3) is 0 Å². The first-order valence-corrected chi connectivity index (χ1v) is 11.2. The van der Waals surface area contributed by atoms with Crippen molar-refractivity contribution in [3.8, 4) is 0 Å². The number of hydrogen-bond acceptors (Lipinski definition) is 10. The number of nitrogens with one attached hydrogen (secondary N) is 1. The summed E-state index contributed by atoms with van der Waals surface area (Å²) < 4.78 is 16.2. The van der Waals surface area contributed by atoms with Crippen LogP contribution < -0.4 is 5.32 Å². The Bertz CT molecular complexity index is 583. The Morgan fingerprint density at radius 1 is 1.27 bits per heavy atom. The zero-order valence-corrected chi connectivity index (χ0v) is 18.7. The van der Waals surface area contributed by atoms with Gasteiger partial charge in [0, 0.05) is 19.8 Å². The highest BCUT2D eigenvalue weighted by Gasteiger charge is 2.48. The van der Waals surface area contributed by atoms with E-state index in [0.29, 0.717) is 5.75 Å². The number of thioether (sulfide) groups is 1.